The number of pyridine rings is 2. The van der Waals surface area contributed by atoms with Crippen molar-refractivity contribution in [3.8, 4) is 0 Å². The minimum Gasteiger partial charge on any atom is -0.346 e. The molecule has 178 valence electrons. The lowest BCUT2D eigenvalue weighted by molar-refractivity contribution is -0.134. The first-order valence-corrected chi connectivity index (χ1v) is 12.8. The number of hydrogen-bond donors (Lipinski definition) is 3. The Morgan fingerprint density at radius 1 is 1.18 bits per heavy atom. The van der Waals surface area contributed by atoms with Gasteiger partial charge in [-0.1, -0.05) is 6.92 Å². The number of H-pyrrole nitrogens is 1. The number of carbonyl (C=O) groups excluding carboxylic acids is 1. The fraction of sp³-hybridized carbons (Fsp3) is 0.522. The lowest BCUT2D eigenvalue weighted by Gasteiger charge is -2.35. The molecule has 33 heavy (non-hydrogen) atoms. The molecule has 0 spiro atoms. The molecule has 2 saturated heterocycles. The molecule has 10 heteroatoms. The zero-order chi connectivity index (χ0) is 23.4. The van der Waals surface area contributed by atoms with Crippen molar-refractivity contribution in [2.75, 3.05) is 32.7 Å². The number of piperidine rings is 2. The summed E-state index contributed by atoms with van der Waals surface area (Å²) in [7, 11) is -2.62. The van der Waals surface area contributed by atoms with Crippen molar-refractivity contribution in [2.45, 2.75) is 38.5 Å². The van der Waals surface area contributed by atoms with E-state index in [-0.39, 0.29) is 0 Å². The molecular weight excluding hydrogens is 440 g/mol. The molecule has 3 aromatic rings. The van der Waals surface area contributed by atoms with Crippen LogP contribution in [0.3, 0.4) is 0 Å². The van der Waals surface area contributed by atoms with E-state index in [1.54, 1.807) is 0 Å². The fourth-order valence-corrected chi connectivity index (χ4v) is 5.13. The average Bonchev–Trinajstić information content (AvgIpc) is 3.28. The lowest BCUT2D eigenvalue weighted by Crippen LogP contribution is -2.46. The van der Waals surface area contributed by atoms with E-state index >= 15 is 0 Å². The van der Waals surface area contributed by atoms with Gasteiger partial charge in [-0.05, 0) is 68.3 Å². The SMILES string of the molecule is CC1CCCN(C(=O)CN2CCC(c3ccnc4cnc5[nH]ccc5c34)CC2)C1.N[SH](=O)=O. The number of fused-ring (bicyclic) bond motifs is 3. The molecular formula is C23H32N6O3S. The maximum absolute atomic E-state index is 12.7. The van der Waals surface area contributed by atoms with Gasteiger partial charge in [0.05, 0.1) is 18.3 Å². The van der Waals surface area contributed by atoms with Crippen LogP contribution in [0.1, 0.15) is 44.1 Å². The Balaban J connectivity index is 0.000000601. The third-order valence-electron chi connectivity index (χ3n) is 6.72. The number of likely N-dealkylation sites (tertiary alicyclic amines) is 2. The molecule has 1 unspecified atom stereocenters. The van der Waals surface area contributed by atoms with Gasteiger partial charge in [-0.3, -0.25) is 14.7 Å². The molecule has 5 heterocycles. The molecule has 1 amide bonds. The summed E-state index contributed by atoms with van der Waals surface area (Å²) in [6, 6.07) is 4.28. The Labute approximate surface area is 195 Å². The number of aromatic nitrogens is 3. The number of thiol groups is 1. The number of hydrogen-bond acceptors (Lipinski definition) is 6. The molecule has 5 rings (SSSR count). The van der Waals surface area contributed by atoms with Crippen LogP contribution in [0.2, 0.25) is 0 Å². The molecule has 2 aliphatic rings. The molecule has 3 aromatic heterocycles. The van der Waals surface area contributed by atoms with Gasteiger partial charge in [0.2, 0.25) is 5.91 Å². The van der Waals surface area contributed by atoms with Crippen LogP contribution >= 0.6 is 0 Å². The van der Waals surface area contributed by atoms with E-state index in [1.165, 1.54) is 17.4 Å². The molecule has 0 aromatic carbocycles. The second kappa shape index (κ2) is 10.6. The first-order valence-electron chi connectivity index (χ1n) is 11.5. The highest BCUT2D eigenvalue weighted by molar-refractivity contribution is 7.69. The second-order valence-electron chi connectivity index (χ2n) is 9.08. The summed E-state index contributed by atoms with van der Waals surface area (Å²) in [6.07, 6.45) is 10.3. The van der Waals surface area contributed by atoms with Gasteiger partial charge in [0.15, 0.2) is 10.9 Å². The number of nitrogens with zero attached hydrogens (tertiary/aromatic N) is 4. The van der Waals surface area contributed by atoms with E-state index in [9.17, 15) is 4.79 Å². The van der Waals surface area contributed by atoms with Gasteiger partial charge < -0.3 is 9.88 Å². The molecule has 0 bridgehead atoms. The third kappa shape index (κ3) is 5.69. The van der Waals surface area contributed by atoms with E-state index in [0.717, 1.165) is 62.0 Å². The number of nitrogens with one attached hydrogen (secondary N) is 1. The highest BCUT2D eigenvalue weighted by atomic mass is 32.2. The Hall–Kier alpha value is -2.56. The number of amides is 1. The topological polar surface area (TPSA) is 125 Å². The van der Waals surface area contributed by atoms with E-state index in [1.807, 2.05) is 18.6 Å². The van der Waals surface area contributed by atoms with Crippen molar-refractivity contribution in [1.82, 2.24) is 24.8 Å². The van der Waals surface area contributed by atoms with E-state index < -0.39 is 10.9 Å². The van der Waals surface area contributed by atoms with Gasteiger partial charge in [0.1, 0.15) is 5.65 Å². The quantitative estimate of drug-likeness (QED) is 0.501. The highest BCUT2D eigenvalue weighted by Crippen LogP contribution is 2.35. The monoisotopic (exact) mass is 472 g/mol. The molecule has 0 radical (unpaired) electrons. The van der Waals surface area contributed by atoms with Gasteiger partial charge in [-0.15, -0.1) is 0 Å². The van der Waals surface area contributed by atoms with Crippen LogP contribution in [0, 0.1) is 5.92 Å². The van der Waals surface area contributed by atoms with Gasteiger partial charge in [-0.25, -0.2) is 18.5 Å². The molecule has 1 atom stereocenters. The second-order valence-corrected chi connectivity index (χ2v) is 9.65. The molecule has 2 aliphatic heterocycles. The predicted octanol–water partition coefficient (Wildman–Crippen LogP) is 2.02. The Bertz CT molecular complexity index is 1180. The maximum Gasteiger partial charge on any atom is 0.236 e. The Morgan fingerprint density at radius 2 is 1.94 bits per heavy atom. The maximum atomic E-state index is 12.7. The molecule has 2 fully saturated rings. The minimum absolute atomic E-state index is 0.310. The smallest absolute Gasteiger partial charge is 0.236 e. The van der Waals surface area contributed by atoms with E-state index in [4.69, 9.17) is 8.42 Å². The summed E-state index contributed by atoms with van der Waals surface area (Å²) in [6.45, 7) is 6.64. The third-order valence-corrected chi connectivity index (χ3v) is 6.72. The van der Waals surface area contributed by atoms with Crippen molar-refractivity contribution < 1.29 is 13.2 Å². The first-order chi connectivity index (χ1) is 15.9. The van der Waals surface area contributed by atoms with E-state index in [0.29, 0.717) is 24.3 Å². The van der Waals surface area contributed by atoms with Crippen molar-refractivity contribution in [1.29, 1.82) is 0 Å². The van der Waals surface area contributed by atoms with Crippen molar-refractivity contribution in [3.05, 3.63) is 36.3 Å². The van der Waals surface area contributed by atoms with Gasteiger partial charge in [0.25, 0.3) is 0 Å². The highest BCUT2D eigenvalue weighted by Gasteiger charge is 2.27. The van der Waals surface area contributed by atoms with Crippen LogP contribution in [-0.4, -0.2) is 71.8 Å². The summed E-state index contributed by atoms with van der Waals surface area (Å²) in [5.41, 5.74) is 3.26. The molecule has 0 aliphatic carbocycles. The number of carbonyl (C=O) groups is 1. The predicted molar refractivity (Wildman–Crippen MR) is 129 cm³/mol. The summed E-state index contributed by atoms with van der Waals surface area (Å²) >= 11 is 0. The van der Waals surface area contributed by atoms with Crippen LogP contribution in [0.15, 0.2) is 30.7 Å². The number of nitrogens with two attached hydrogens (primary N) is 1. The van der Waals surface area contributed by atoms with Crippen LogP contribution in [-0.2, 0) is 15.7 Å². The zero-order valence-corrected chi connectivity index (χ0v) is 19.8. The summed E-state index contributed by atoms with van der Waals surface area (Å²) in [5.74, 6) is 1.45. The van der Waals surface area contributed by atoms with Gasteiger partial charge >= 0.3 is 0 Å². The fourth-order valence-electron chi connectivity index (χ4n) is 5.13. The van der Waals surface area contributed by atoms with E-state index in [2.05, 4.69) is 48.9 Å². The minimum atomic E-state index is -2.62. The van der Waals surface area contributed by atoms with Crippen molar-refractivity contribution in [3.63, 3.8) is 0 Å². The summed E-state index contributed by atoms with van der Waals surface area (Å²) < 4.78 is 17.6. The van der Waals surface area contributed by atoms with Crippen LogP contribution in [0.5, 0.6) is 0 Å². The van der Waals surface area contributed by atoms with Gasteiger partial charge in [-0.2, -0.15) is 0 Å². The zero-order valence-electron chi connectivity index (χ0n) is 18.9. The molecule has 3 N–H and O–H groups in total. The standard InChI is InChI=1S/C23H29N5O.H3NO2S/c1-16-3-2-10-28(14-16)21(29)15-27-11-6-17(7-12-27)18-4-8-24-20-13-26-23-19(22(18)20)5-9-25-23;1-4(2)3/h4-5,8-9,13,16-17H,2-3,6-7,10-12,14-15H2,1H3,(H,25,26);4H,(H2,1,2,3). The van der Waals surface area contributed by atoms with Crippen LogP contribution < -0.4 is 5.14 Å². The number of aromatic amines is 1. The van der Waals surface area contributed by atoms with Crippen molar-refractivity contribution in [2.24, 2.45) is 11.1 Å². The normalized spacial score (nSPS) is 20.2. The average molecular weight is 473 g/mol. The number of rotatable bonds is 3. The summed E-state index contributed by atoms with van der Waals surface area (Å²) in [5, 5.41) is 6.45. The van der Waals surface area contributed by atoms with Crippen LogP contribution in [0.4, 0.5) is 0 Å². The summed E-state index contributed by atoms with van der Waals surface area (Å²) in [4.78, 5) is 29.4. The van der Waals surface area contributed by atoms with Gasteiger partial charge in [0, 0.05) is 36.3 Å². The lowest BCUT2D eigenvalue weighted by atomic mass is 9.87. The van der Waals surface area contributed by atoms with Crippen LogP contribution in [0.25, 0.3) is 21.9 Å². The molecule has 9 nitrogen and oxygen atoms in total. The first kappa shape index (κ1) is 23.6. The Kier molecular flexibility index (Phi) is 7.56. The molecule has 0 saturated carbocycles. The largest absolute Gasteiger partial charge is 0.346 e. The Morgan fingerprint density at radius 3 is 2.67 bits per heavy atom. The van der Waals surface area contributed by atoms with Crippen molar-refractivity contribution >= 4 is 38.7 Å².